The van der Waals surface area contributed by atoms with E-state index >= 15 is 0 Å². The maximum absolute atomic E-state index is 12.5. The molecule has 0 aromatic carbocycles. The van der Waals surface area contributed by atoms with Gasteiger partial charge in [0.25, 0.3) is 0 Å². The zero-order chi connectivity index (χ0) is 15.3. The highest BCUT2D eigenvalue weighted by Crippen LogP contribution is 2.28. The lowest BCUT2D eigenvalue weighted by molar-refractivity contribution is -0.141. The van der Waals surface area contributed by atoms with Crippen molar-refractivity contribution in [1.82, 2.24) is 9.88 Å². The van der Waals surface area contributed by atoms with Crippen LogP contribution in [0.5, 0.6) is 0 Å². The van der Waals surface area contributed by atoms with Gasteiger partial charge in [-0.25, -0.2) is 4.98 Å². The van der Waals surface area contributed by atoms with Crippen molar-refractivity contribution in [2.24, 2.45) is 0 Å². The highest BCUT2D eigenvalue weighted by Gasteiger charge is 2.32. The van der Waals surface area contributed by atoms with Crippen LogP contribution in [-0.4, -0.2) is 47.3 Å². The maximum atomic E-state index is 12.5. The Morgan fingerprint density at radius 3 is 2.90 bits per heavy atom. The van der Waals surface area contributed by atoms with Gasteiger partial charge in [0.15, 0.2) is 0 Å². The molecule has 0 amide bonds. The zero-order valence-electron chi connectivity index (χ0n) is 11.7. The van der Waals surface area contributed by atoms with Gasteiger partial charge >= 0.3 is 6.18 Å². The second-order valence-electron chi connectivity index (χ2n) is 5.28. The molecule has 1 atom stereocenters. The molecule has 1 saturated heterocycles. The molecule has 7 heteroatoms. The molecule has 21 heavy (non-hydrogen) atoms. The molecule has 0 aliphatic carbocycles. The van der Waals surface area contributed by atoms with Crippen LogP contribution in [0, 0.1) is 0 Å². The van der Waals surface area contributed by atoms with Gasteiger partial charge < -0.3 is 15.3 Å². The summed E-state index contributed by atoms with van der Waals surface area (Å²) in [5, 5.41) is 12.5. The van der Waals surface area contributed by atoms with E-state index in [0.29, 0.717) is 13.1 Å². The second kappa shape index (κ2) is 7.09. The van der Waals surface area contributed by atoms with Crippen LogP contribution >= 0.6 is 0 Å². The monoisotopic (exact) mass is 303 g/mol. The number of rotatable bonds is 5. The first kappa shape index (κ1) is 16.0. The number of nitrogens with zero attached hydrogens (tertiary/aromatic N) is 2. The first-order valence-electron chi connectivity index (χ1n) is 7.14. The van der Waals surface area contributed by atoms with Gasteiger partial charge in [0, 0.05) is 13.1 Å². The fourth-order valence-electron chi connectivity index (χ4n) is 2.44. The van der Waals surface area contributed by atoms with Crippen LogP contribution in [0.2, 0.25) is 0 Å². The van der Waals surface area contributed by atoms with E-state index in [0.717, 1.165) is 38.4 Å². The van der Waals surface area contributed by atoms with E-state index in [2.05, 4.69) is 15.2 Å². The minimum atomic E-state index is -4.42. The molecular weight excluding hydrogens is 283 g/mol. The Morgan fingerprint density at radius 1 is 1.38 bits per heavy atom. The van der Waals surface area contributed by atoms with Gasteiger partial charge in [0.2, 0.25) is 0 Å². The maximum Gasteiger partial charge on any atom is 0.433 e. The van der Waals surface area contributed by atoms with Crippen LogP contribution in [0.25, 0.3) is 0 Å². The normalized spacial score (nSPS) is 20.5. The molecular formula is C14H20F3N3O. The Hall–Kier alpha value is -1.34. The van der Waals surface area contributed by atoms with Crippen LogP contribution in [0.15, 0.2) is 18.2 Å². The average Bonchev–Trinajstić information content (AvgIpc) is 2.43. The molecule has 118 valence electrons. The van der Waals surface area contributed by atoms with E-state index < -0.39 is 11.9 Å². The molecule has 1 aromatic rings. The predicted octanol–water partition coefficient (Wildman–Crippen LogP) is 2.36. The van der Waals surface area contributed by atoms with E-state index in [9.17, 15) is 18.3 Å². The number of pyridine rings is 1. The largest absolute Gasteiger partial charge is 0.433 e. The number of β-amino-alcohol motifs (C(OH)–C–C–N with tert-alkyl or cyclic N) is 1. The van der Waals surface area contributed by atoms with Crippen molar-refractivity contribution in [1.29, 1.82) is 0 Å². The smallest absolute Gasteiger partial charge is 0.392 e. The Kier molecular flexibility index (Phi) is 5.41. The van der Waals surface area contributed by atoms with Crippen LogP contribution in [0.3, 0.4) is 0 Å². The van der Waals surface area contributed by atoms with Gasteiger partial charge in [-0.15, -0.1) is 0 Å². The topological polar surface area (TPSA) is 48.4 Å². The Labute approximate surface area is 122 Å². The first-order valence-corrected chi connectivity index (χ1v) is 7.14. The number of nitrogens with one attached hydrogen (secondary N) is 1. The standard InChI is InChI=1S/C14H20F3N3O/c15-14(16,17)12-5-1-6-13(19-12)18-7-3-9-20-8-2-4-11(21)10-20/h1,5-6,11,21H,2-4,7-10H2,(H,18,19). The van der Waals surface area contributed by atoms with Gasteiger partial charge in [-0.05, 0) is 44.5 Å². The van der Waals surface area contributed by atoms with Gasteiger partial charge in [-0.1, -0.05) is 6.07 Å². The quantitative estimate of drug-likeness (QED) is 0.820. The summed E-state index contributed by atoms with van der Waals surface area (Å²) in [6.07, 6.45) is -2.03. The Morgan fingerprint density at radius 2 is 2.19 bits per heavy atom. The highest BCUT2D eigenvalue weighted by atomic mass is 19.4. The molecule has 0 radical (unpaired) electrons. The molecule has 0 saturated carbocycles. The van der Waals surface area contributed by atoms with Gasteiger partial charge in [-0.2, -0.15) is 13.2 Å². The molecule has 1 unspecified atom stereocenters. The molecule has 1 aromatic heterocycles. The van der Waals surface area contributed by atoms with Crippen LogP contribution in [0.4, 0.5) is 19.0 Å². The number of anilines is 1. The van der Waals surface area contributed by atoms with E-state index in [1.54, 1.807) is 0 Å². The molecule has 1 aliphatic rings. The van der Waals surface area contributed by atoms with E-state index in [4.69, 9.17) is 0 Å². The average molecular weight is 303 g/mol. The lowest BCUT2D eigenvalue weighted by atomic mass is 10.1. The molecule has 2 N–H and O–H groups in total. The number of halogens is 3. The van der Waals surface area contributed by atoms with Crippen molar-refractivity contribution in [3.05, 3.63) is 23.9 Å². The lowest BCUT2D eigenvalue weighted by Crippen LogP contribution is -2.39. The van der Waals surface area contributed by atoms with Crippen molar-refractivity contribution in [3.63, 3.8) is 0 Å². The van der Waals surface area contributed by atoms with Crippen molar-refractivity contribution >= 4 is 5.82 Å². The fourth-order valence-corrected chi connectivity index (χ4v) is 2.44. The Balaban J connectivity index is 1.73. The fraction of sp³-hybridized carbons (Fsp3) is 0.643. The SMILES string of the molecule is OC1CCCN(CCCNc2cccc(C(F)(F)F)n2)C1. The molecule has 0 spiro atoms. The number of aliphatic hydroxyl groups excluding tert-OH is 1. The summed E-state index contributed by atoms with van der Waals surface area (Å²) in [7, 11) is 0. The summed E-state index contributed by atoms with van der Waals surface area (Å²) < 4.78 is 37.5. The molecule has 2 heterocycles. The van der Waals surface area contributed by atoms with Crippen molar-refractivity contribution in [2.75, 3.05) is 31.5 Å². The third-order valence-electron chi connectivity index (χ3n) is 3.48. The third-order valence-corrected chi connectivity index (χ3v) is 3.48. The zero-order valence-corrected chi connectivity index (χ0v) is 11.7. The van der Waals surface area contributed by atoms with Gasteiger partial charge in [0.05, 0.1) is 6.10 Å². The first-order chi connectivity index (χ1) is 9.95. The number of hydrogen-bond acceptors (Lipinski definition) is 4. The van der Waals surface area contributed by atoms with Crippen LogP contribution in [-0.2, 0) is 6.18 Å². The molecule has 0 bridgehead atoms. The number of piperidine rings is 1. The summed E-state index contributed by atoms with van der Waals surface area (Å²) in [4.78, 5) is 5.73. The van der Waals surface area contributed by atoms with E-state index in [-0.39, 0.29) is 11.9 Å². The summed E-state index contributed by atoms with van der Waals surface area (Å²) in [6, 6.07) is 3.83. The predicted molar refractivity (Wildman–Crippen MR) is 74.0 cm³/mol. The summed E-state index contributed by atoms with van der Waals surface area (Å²) in [6.45, 7) is 3.03. The minimum Gasteiger partial charge on any atom is -0.392 e. The number of aliphatic hydroxyl groups is 1. The highest BCUT2D eigenvalue weighted by molar-refractivity contribution is 5.35. The van der Waals surface area contributed by atoms with Crippen molar-refractivity contribution < 1.29 is 18.3 Å². The Bertz CT molecular complexity index is 453. The van der Waals surface area contributed by atoms with E-state index in [1.807, 2.05) is 0 Å². The molecule has 4 nitrogen and oxygen atoms in total. The number of likely N-dealkylation sites (tertiary alicyclic amines) is 1. The van der Waals surface area contributed by atoms with E-state index in [1.165, 1.54) is 12.1 Å². The summed E-state index contributed by atoms with van der Waals surface area (Å²) >= 11 is 0. The summed E-state index contributed by atoms with van der Waals surface area (Å²) in [5.41, 5.74) is -0.883. The van der Waals surface area contributed by atoms with Crippen molar-refractivity contribution in [2.45, 2.75) is 31.5 Å². The second-order valence-corrected chi connectivity index (χ2v) is 5.28. The van der Waals surface area contributed by atoms with Crippen LogP contribution < -0.4 is 5.32 Å². The number of aromatic nitrogens is 1. The molecule has 1 aliphatic heterocycles. The van der Waals surface area contributed by atoms with Crippen LogP contribution in [0.1, 0.15) is 25.0 Å². The number of alkyl halides is 3. The molecule has 1 fully saturated rings. The third kappa shape index (κ3) is 5.17. The van der Waals surface area contributed by atoms with Gasteiger partial charge in [-0.3, -0.25) is 0 Å². The number of hydrogen-bond donors (Lipinski definition) is 2. The lowest BCUT2D eigenvalue weighted by Gasteiger charge is -2.29. The minimum absolute atomic E-state index is 0.239. The van der Waals surface area contributed by atoms with Gasteiger partial charge in [0.1, 0.15) is 11.5 Å². The summed E-state index contributed by atoms with van der Waals surface area (Å²) in [5.74, 6) is 0.239. The molecule has 2 rings (SSSR count). The van der Waals surface area contributed by atoms with Crippen molar-refractivity contribution in [3.8, 4) is 0 Å².